The molecule has 2 nitrogen and oxygen atoms in total. The van der Waals surface area contributed by atoms with Crippen LogP contribution in [-0.2, 0) is 12.1 Å². The summed E-state index contributed by atoms with van der Waals surface area (Å²) < 4.78 is 39.3. The summed E-state index contributed by atoms with van der Waals surface area (Å²) >= 11 is 0. The Labute approximate surface area is 121 Å². The van der Waals surface area contributed by atoms with Crippen LogP contribution in [0.3, 0.4) is 0 Å². The molecule has 0 fully saturated rings. The van der Waals surface area contributed by atoms with Crippen LogP contribution in [0.15, 0.2) is 42.5 Å². The quantitative estimate of drug-likeness (QED) is 0.831. The van der Waals surface area contributed by atoms with Crippen molar-refractivity contribution in [3.8, 4) is 0 Å². The van der Waals surface area contributed by atoms with Crippen molar-refractivity contribution in [1.29, 1.82) is 0 Å². The average molecular weight is 295 g/mol. The van der Waals surface area contributed by atoms with Crippen molar-refractivity contribution in [2.75, 3.05) is 6.61 Å². The van der Waals surface area contributed by atoms with Crippen LogP contribution in [0.25, 0.3) is 0 Å². The molecule has 0 aliphatic rings. The fraction of sp³-hybridized carbons (Fsp3) is 0.250. The van der Waals surface area contributed by atoms with Crippen LogP contribution in [0, 0.1) is 17.5 Å². The van der Waals surface area contributed by atoms with Crippen molar-refractivity contribution >= 4 is 0 Å². The first kappa shape index (κ1) is 15.5. The van der Waals surface area contributed by atoms with E-state index in [9.17, 15) is 18.3 Å². The standard InChI is InChI=1S/C16H16F3NO/c1-16(10-21,12-5-3-2-4-6-12)20-9-11-7-13(17)15(19)14(18)8-11/h2-8,20-21H,9-10H2,1H3. The molecule has 0 aromatic heterocycles. The molecule has 0 bridgehead atoms. The van der Waals surface area contributed by atoms with Gasteiger partial charge < -0.3 is 10.4 Å². The Morgan fingerprint density at radius 1 is 1.05 bits per heavy atom. The van der Waals surface area contributed by atoms with Gasteiger partial charge in [0, 0.05) is 6.54 Å². The number of rotatable bonds is 5. The second kappa shape index (κ2) is 6.28. The largest absolute Gasteiger partial charge is 0.394 e. The summed E-state index contributed by atoms with van der Waals surface area (Å²) in [4.78, 5) is 0. The minimum atomic E-state index is -1.48. The highest BCUT2D eigenvalue weighted by Crippen LogP contribution is 2.21. The van der Waals surface area contributed by atoms with Crippen molar-refractivity contribution in [2.45, 2.75) is 19.0 Å². The van der Waals surface area contributed by atoms with Crippen molar-refractivity contribution in [3.05, 3.63) is 71.0 Å². The van der Waals surface area contributed by atoms with Crippen molar-refractivity contribution in [3.63, 3.8) is 0 Å². The highest BCUT2D eigenvalue weighted by Gasteiger charge is 2.25. The van der Waals surface area contributed by atoms with E-state index in [0.29, 0.717) is 0 Å². The summed E-state index contributed by atoms with van der Waals surface area (Å²) in [6, 6.07) is 11.1. The van der Waals surface area contributed by atoms with Gasteiger partial charge >= 0.3 is 0 Å². The van der Waals surface area contributed by atoms with Crippen LogP contribution < -0.4 is 5.32 Å². The number of nitrogens with one attached hydrogen (secondary N) is 1. The highest BCUT2D eigenvalue weighted by atomic mass is 19.2. The van der Waals surface area contributed by atoms with Crippen LogP contribution in [0.2, 0.25) is 0 Å². The molecule has 1 atom stereocenters. The van der Waals surface area contributed by atoms with E-state index in [0.717, 1.165) is 17.7 Å². The summed E-state index contributed by atoms with van der Waals surface area (Å²) in [5.41, 5.74) is 0.348. The molecule has 2 aromatic carbocycles. The SMILES string of the molecule is CC(CO)(NCc1cc(F)c(F)c(F)c1)c1ccccc1. The predicted molar refractivity (Wildman–Crippen MR) is 74.0 cm³/mol. The molecule has 0 aliphatic heterocycles. The summed E-state index contributed by atoms with van der Waals surface area (Å²) in [5, 5.41) is 12.6. The lowest BCUT2D eigenvalue weighted by Crippen LogP contribution is -2.42. The normalized spacial score (nSPS) is 14.0. The summed E-state index contributed by atoms with van der Waals surface area (Å²) in [6.07, 6.45) is 0. The maximum atomic E-state index is 13.2. The molecule has 1 unspecified atom stereocenters. The smallest absolute Gasteiger partial charge is 0.194 e. The summed E-state index contributed by atoms with van der Waals surface area (Å²) in [5.74, 6) is -3.93. The lowest BCUT2D eigenvalue weighted by molar-refractivity contribution is 0.173. The number of halogens is 3. The van der Waals surface area contributed by atoms with E-state index in [-0.39, 0.29) is 18.7 Å². The third kappa shape index (κ3) is 3.43. The molecule has 2 aromatic rings. The van der Waals surface area contributed by atoms with Gasteiger partial charge in [0.15, 0.2) is 17.5 Å². The number of hydrogen-bond acceptors (Lipinski definition) is 2. The maximum Gasteiger partial charge on any atom is 0.194 e. The van der Waals surface area contributed by atoms with Gasteiger partial charge in [0.1, 0.15) is 0 Å². The number of aliphatic hydroxyl groups excluding tert-OH is 1. The lowest BCUT2D eigenvalue weighted by Gasteiger charge is -2.29. The van der Waals surface area contributed by atoms with Gasteiger partial charge in [-0.2, -0.15) is 0 Å². The molecular weight excluding hydrogens is 279 g/mol. The second-order valence-electron chi connectivity index (χ2n) is 5.08. The molecule has 0 heterocycles. The van der Waals surface area contributed by atoms with E-state index < -0.39 is 23.0 Å². The zero-order valence-electron chi connectivity index (χ0n) is 11.5. The van der Waals surface area contributed by atoms with Gasteiger partial charge in [0.05, 0.1) is 12.1 Å². The molecule has 0 amide bonds. The number of hydrogen-bond donors (Lipinski definition) is 2. The van der Waals surface area contributed by atoms with Crippen molar-refractivity contribution in [2.24, 2.45) is 0 Å². The average Bonchev–Trinajstić information content (AvgIpc) is 2.51. The summed E-state index contributed by atoms with van der Waals surface area (Å²) in [6.45, 7) is 1.68. The Hall–Kier alpha value is -1.85. The third-order valence-electron chi connectivity index (χ3n) is 3.45. The van der Waals surface area contributed by atoms with Crippen molar-refractivity contribution in [1.82, 2.24) is 5.32 Å². The predicted octanol–water partition coefficient (Wildman–Crippen LogP) is 3.10. The summed E-state index contributed by atoms with van der Waals surface area (Å²) in [7, 11) is 0. The highest BCUT2D eigenvalue weighted by molar-refractivity contribution is 5.25. The molecule has 2 N–H and O–H groups in total. The fourth-order valence-corrected chi connectivity index (χ4v) is 2.06. The minimum Gasteiger partial charge on any atom is -0.394 e. The van der Waals surface area contributed by atoms with Crippen LogP contribution >= 0.6 is 0 Å². The van der Waals surface area contributed by atoms with E-state index >= 15 is 0 Å². The molecule has 2 rings (SSSR count). The Kier molecular flexibility index (Phi) is 4.65. The first-order valence-corrected chi connectivity index (χ1v) is 6.51. The van der Waals surface area contributed by atoms with E-state index in [4.69, 9.17) is 0 Å². The van der Waals surface area contributed by atoms with Gasteiger partial charge in [0.25, 0.3) is 0 Å². The van der Waals surface area contributed by atoms with Gasteiger partial charge in [-0.15, -0.1) is 0 Å². The molecule has 0 saturated carbocycles. The number of aliphatic hydroxyl groups is 1. The fourth-order valence-electron chi connectivity index (χ4n) is 2.06. The number of benzene rings is 2. The van der Waals surface area contributed by atoms with Crippen LogP contribution in [0.4, 0.5) is 13.2 Å². The first-order valence-electron chi connectivity index (χ1n) is 6.51. The van der Waals surface area contributed by atoms with Gasteiger partial charge in [0.2, 0.25) is 0 Å². The van der Waals surface area contributed by atoms with Crippen LogP contribution in [0.5, 0.6) is 0 Å². The van der Waals surface area contributed by atoms with E-state index in [2.05, 4.69) is 5.32 Å². The van der Waals surface area contributed by atoms with E-state index in [1.165, 1.54) is 0 Å². The first-order chi connectivity index (χ1) is 9.96. The Morgan fingerprint density at radius 3 is 2.14 bits per heavy atom. The second-order valence-corrected chi connectivity index (χ2v) is 5.08. The van der Waals surface area contributed by atoms with Gasteiger partial charge in [-0.3, -0.25) is 0 Å². The molecular formula is C16H16F3NO. The van der Waals surface area contributed by atoms with E-state index in [1.54, 1.807) is 6.92 Å². The molecule has 21 heavy (non-hydrogen) atoms. The topological polar surface area (TPSA) is 32.3 Å². The van der Waals surface area contributed by atoms with E-state index in [1.807, 2.05) is 30.3 Å². The van der Waals surface area contributed by atoms with Gasteiger partial charge in [-0.25, -0.2) is 13.2 Å². The minimum absolute atomic E-state index is 0.0973. The van der Waals surface area contributed by atoms with Crippen LogP contribution in [-0.4, -0.2) is 11.7 Å². The van der Waals surface area contributed by atoms with Gasteiger partial charge in [-0.1, -0.05) is 30.3 Å². The molecule has 112 valence electrons. The Balaban J connectivity index is 2.17. The molecule has 0 aliphatic carbocycles. The zero-order valence-corrected chi connectivity index (χ0v) is 11.5. The van der Waals surface area contributed by atoms with Gasteiger partial charge in [-0.05, 0) is 30.2 Å². The Bertz CT molecular complexity index is 595. The lowest BCUT2D eigenvalue weighted by atomic mass is 9.92. The zero-order chi connectivity index (χ0) is 15.5. The van der Waals surface area contributed by atoms with Crippen molar-refractivity contribution < 1.29 is 18.3 Å². The maximum absolute atomic E-state index is 13.2. The van der Waals surface area contributed by atoms with Crippen LogP contribution in [0.1, 0.15) is 18.1 Å². The molecule has 5 heteroatoms. The molecule has 0 radical (unpaired) electrons. The third-order valence-corrected chi connectivity index (χ3v) is 3.45. The Morgan fingerprint density at radius 2 is 1.62 bits per heavy atom. The molecule has 0 spiro atoms. The monoisotopic (exact) mass is 295 g/mol. The molecule has 0 saturated heterocycles.